The van der Waals surface area contributed by atoms with Crippen LogP contribution in [0.25, 0.3) is 0 Å². The van der Waals surface area contributed by atoms with Gasteiger partial charge in [0.05, 0.1) is 4.92 Å². The van der Waals surface area contributed by atoms with Gasteiger partial charge in [-0.3, -0.25) is 10.1 Å². The van der Waals surface area contributed by atoms with Gasteiger partial charge in [0.15, 0.2) is 0 Å². The second-order valence-corrected chi connectivity index (χ2v) is 2.79. The molecule has 0 unspecified atom stereocenters. The molecule has 0 atom stereocenters. The predicted octanol–water partition coefficient (Wildman–Crippen LogP) is 2.17. The second kappa shape index (κ2) is 3.56. The van der Waals surface area contributed by atoms with E-state index in [1.807, 2.05) is 0 Å². The molecule has 1 aromatic rings. The van der Waals surface area contributed by atoms with E-state index in [9.17, 15) is 10.1 Å². The van der Waals surface area contributed by atoms with Crippen molar-refractivity contribution < 1.29 is 4.92 Å². The first kappa shape index (κ1) is 9.71. The van der Waals surface area contributed by atoms with Gasteiger partial charge in [-0.1, -0.05) is 23.2 Å². The Bertz CT molecular complexity index is 413. The fraction of sp³-hybridized carbons (Fsp3) is 0. The van der Waals surface area contributed by atoms with Crippen LogP contribution >= 0.6 is 23.2 Å². The number of halogens is 2. The van der Waals surface area contributed by atoms with Crippen molar-refractivity contribution >= 4 is 28.9 Å². The zero-order valence-corrected chi connectivity index (χ0v) is 7.50. The average molecular weight is 218 g/mol. The first-order valence-electron chi connectivity index (χ1n) is 2.96. The van der Waals surface area contributed by atoms with E-state index in [4.69, 9.17) is 28.5 Å². The van der Waals surface area contributed by atoms with Gasteiger partial charge < -0.3 is 0 Å². The van der Waals surface area contributed by atoms with Crippen LogP contribution in [0.5, 0.6) is 0 Å². The van der Waals surface area contributed by atoms with Crippen molar-refractivity contribution in [2.45, 2.75) is 0 Å². The zero-order valence-electron chi connectivity index (χ0n) is 5.99. The standard InChI is InChI=1S/C6HCl2N3O2/c7-3-1-5(8)10-4(2-9)6(3)11(12)13/h1H. The lowest BCUT2D eigenvalue weighted by molar-refractivity contribution is -0.385. The van der Waals surface area contributed by atoms with Crippen LogP contribution in [-0.4, -0.2) is 9.91 Å². The topological polar surface area (TPSA) is 79.8 Å². The van der Waals surface area contributed by atoms with Crippen molar-refractivity contribution in [3.05, 3.63) is 32.1 Å². The summed E-state index contributed by atoms with van der Waals surface area (Å²) in [6.45, 7) is 0. The van der Waals surface area contributed by atoms with Crippen LogP contribution in [0.1, 0.15) is 5.69 Å². The molecule has 5 nitrogen and oxygen atoms in total. The minimum absolute atomic E-state index is 0.0489. The summed E-state index contributed by atoms with van der Waals surface area (Å²) in [5.41, 5.74) is -0.906. The summed E-state index contributed by atoms with van der Waals surface area (Å²) in [6, 6.07) is 2.65. The first-order valence-corrected chi connectivity index (χ1v) is 3.72. The Labute approximate surface area is 82.7 Å². The van der Waals surface area contributed by atoms with E-state index in [-0.39, 0.29) is 15.9 Å². The highest BCUT2D eigenvalue weighted by Gasteiger charge is 2.21. The van der Waals surface area contributed by atoms with Gasteiger partial charge >= 0.3 is 5.69 Å². The molecular weight excluding hydrogens is 217 g/mol. The lowest BCUT2D eigenvalue weighted by atomic mass is 10.3. The molecule has 0 radical (unpaired) electrons. The molecule has 1 heterocycles. The second-order valence-electron chi connectivity index (χ2n) is 1.99. The SMILES string of the molecule is N#Cc1nc(Cl)cc(Cl)c1[N+](=O)[O-]. The summed E-state index contributed by atoms with van der Waals surface area (Å²) < 4.78 is 0. The number of rotatable bonds is 1. The van der Waals surface area contributed by atoms with Crippen LogP contribution in [0.3, 0.4) is 0 Å². The summed E-state index contributed by atoms with van der Waals surface area (Å²) in [6.07, 6.45) is 0. The molecule has 1 rings (SSSR count). The Morgan fingerprint density at radius 3 is 2.69 bits per heavy atom. The van der Waals surface area contributed by atoms with Crippen molar-refractivity contribution in [2.75, 3.05) is 0 Å². The maximum atomic E-state index is 10.4. The van der Waals surface area contributed by atoms with Gasteiger partial charge in [-0.25, -0.2) is 4.98 Å². The molecule has 0 aromatic carbocycles. The summed E-state index contributed by atoms with van der Waals surface area (Å²) in [5, 5.41) is 18.6. The van der Waals surface area contributed by atoms with Crippen LogP contribution in [0.2, 0.25) is 10.2 Å². The van der Waals surface area contributed by atoms with Crippen LogP contribution in [0, 0.1) is 21.4 Å². The Morgan fingerprint density at radius 2 is 2.23 bits per heavy atom. The smallest absolute Gasteiger partial charge is 0.258 e. The highest BCUT2D eigenvalue weighted by Crippen LogP contribution is 2.28. The van der Waals surface area contributed by atoms with E-state index in [0.717, 1.165) is 6.07 Å². The van der Waals surface area contributed by atoms with Gasteiger partial charge in [-0.05, 0) is 0 Å². The van der Waals surface area contributed by atoms with Crippen LogP contribution in [0.15, 0.2) is 6.07 Å². The van der Waals surface area contributed by atoms with E-state index < -0.39 is 10.6 Å². The fourth-order valence-corrected chi connectivity index (χ4v) is 1.24. The molecule has 0 saturated carbocycles. The molecule has 0 saturated heterocycles. The highest BCUT2D eigenvalue weighted by molar-refractivity contribution is 6.35. The van der Waals surface area contributed by atoms with Crippen molar-refractivity contribution in [2.24, 2.45) is 0 Å². The van der Waals surface area contributed by atoms with Gasteiger partial charge in [-0.15, -0.1) is 0 Å². The Hall–Kier alpha value is -1.38. The molecule has 13 heavy (non-hydrogen) atoms. The van der Waals surface area contributed by atoms with Crippen molar-refractivity contribution in [1.29, 1.82) is 5.26 Å². The number of hydrogen-bond acceptors (Lipinski definition) is 4. The Morgan fingerprint density at radius 1 is 1.62 bits per heavy atom. The van der Waals surface area contributed by atoms with Gasteiger partial charge in [0, 0.05) is 6.07 Å². The van der Waals surface area contributed by atoms with Gasteiger partial charge in [-0.2, -0.15) is 5.26 Å². The van der Waals surface area contributed by atoms with Crippen LogP contribution < -0.4 is 0 Å². The van der Waals surface area contributed by atoms with E-state index in [1.165, 1.54) is 6.07 Å². The number of hydrogen-bond donors (Lipinski definition) is 0. The number of nitriles is 1. The molecule has 7 heteroatoms. The molecule has 1 aromatic heterocycles. The van der Waals surface area contributed by atoms with E-state index >= 15 is 0 Å². The first-order chi connectivity index (χ1) is 6.06. The zero-order chi connectivity index (χ0) is 10.0. The number of nitrogens with zero attached hydrogens (tertiary/aromatic N) is 3. The number of nitro groups is 1. The molecule has 0 aliphatic rings. The maximum Gasteiger partial charge on any atom is 0.324 e. The molecule has 0 spiro atoms. The molecule has 66 valence electrons. The molecular formula is C6HCl2N3O2. The van der Waals surface area contributed by atoms with Crippen molar-refractivity contribution in [1.82, 2.24) is 4.98 Å². The molecule has 0 aliphatic carbocycles. The average Bonchev–Trinajstić information content (AvgIpc) is 2.01. The summed E-state index contributed by atoms with van der Waals surface area (Å²) in [5.74, 6) is 0. The highest BCUT2D eigenvalue weighted by atomic mass is 35.5. The van der Waals surface area contributed by atoms with E-state index in [2.05, 4.69) is 4.98 Å². The fourth-order valence-electron chi connectivity index (χ4n) is 0.730. The van der Waals surface area contributed by atoms with Gasteiger partial charge in [0.25, 0.3) is 0 Å². The van der Waals surface area contributed by atoms with Crippen molar-refractivity contribution in [3.8, 4) is 6.07 Å². The minimum Gasteiger partial charge on any atom is -0.258 e. The van der Waals surface area contributed by atoms with Gasteiger partial charge in [0.2, 0.25) is 5.69 Å². The summed E-state index contributed by atoms with van der Waals surface area (Å²) in [4.78, 5) is 13.1. The molecule has 0 fully saturated rings. The lowest BCUT2D eigenvalue weighted by Crippen LogP contribution is -1.96. The molecule has 0 bridgehead atoms. The third kappa shape index (κ3) is 1.86. The lowest BCUT2D eigenvalue weighted by Gasteiger charge is -1.96. The van der Waals surface area contributed by atoms with Crippen LogP contribution in [0.4, 0.5) is 5.69 Å². The third-order valence-corrected chi connectivity index (χ3v) is 1.69. The van der Waals surface area contributed by atoms with E-state index in [1.54, 1.807) is 0 Å². The monoisotopic (exact) mass is 217 g/mol. The Kier molecular flexibility index (Phi) is 2.66. The quantitative estimate of drug-likeness (QED) is 0.411. The number of pyridine rings is 1. The normalized spacial score (nSPS) is 9.31. The van der Waals surface area contributed by atoms with Crippen LogP contribution in [-0.2, 0) is 0 Å². The minimum atomic E-state index is -0.774. The summed E-state index contributed by atoms with van der Waals surface area (Å²) >= 11 is 10.9. The number of aromatic nitrogens is 1. The third-order valence-electron chi connectivity index (χ3n) is 1.20. The van der Waals surface area contributed by atoms with Gasteiger partial charge in [0.1, 0.15) is 16.2 Å². The Balaban J connectivity index is 3.50. The predicted molar refractivity (Wildman–Crippen MR) is 45.6 cm³/mol. The summed E-state index contributed by atoms with van der Waals surface area (Å²) in [7, 11) is 0. The molecule has 0 aliphatic heterocycles. The van der Waals surface area contributed by atoms with Crippen molar-refractivity contribution in [3.63, 3.8) is 0 Å². The largest absolute Gasteiger partial charge is 0.324 e. The van der Waals surface area contributed by atoms with E-state index in [0.29, 0.717) is 0 Å². The molecule has 0 N–H and O–H groups in total. The maximum absolute atomic E-state index is 10.4. The molecule has 0 amide bonds.